The molecule has 1 aromatic heterocycles. The molecule has 0 aliphatic heterocycles. The van der Waals surface area contributed by atoms with Crippen molar-refractivity contribution in [2.75, 3.05) is 0 Å². The lowest BCUT2D eigenvalue weighted by Gasteiger charge is -2.21. The third kappa shape index (κ3) is 2.52. The zero-order valence-corrected chi connectivity index (χ0v) is 17.6. The van der Waals surface area contributed by atoms with E-state index in [1.165, 1.54) is 44.1 Å². The minimum absolute atomic E-state index is 0.0414. The van der Waals surface area contributed by atoms with Crippen molar-refractivity contribution in [3.05, 3.63) is 96.1 Å². The molecule has 0 bridgehead atoms. The fourth-order valence-electron chi connectivity index (χ4n) is 5.21. The maximum absolute atomic E-state index is 9.04. The summed E-state index contributed by atoms with van der Waals surface area (Å²) in [6.45, 7) is 4.63. The molecule has 31 heavy (non-hydrogen) atoms. The van der Waals surface area contributed by atoms with Crippen LogP contribution in [0.5, 0.6) is 5.75 Å². The van der Waals surface area contributed by atoms with Crippen LogP contribution in [-0.4, -0.2) is 17.3 Å². The molecule has 5 aromatic rings. The van der Waals surface area contributed by atoms with Gasteiger partial charge in [0.05, 0.1) is 11.0 Å². The first-order valence-electron chi connectivity index (χ1n) is 10.6. The van der Waals surface area contributed by atoms with Gasteiger partial charge in [0.1, 0.15) is 5.75 Å². The quantitative estimate of drug-likeness (QED) is 0.391. The summed E-state index contributed by atoms with van der Waals surface area (Å²) in [6.07, 6.45) is 0. The Bertz CT molecular complexity index is 1460. The Kier molecular flexibility index (Phi) is 3.83. The molecular formula is C27H22BNO2. The third-order valence-electron chi connectivity index (χ3n) is 6.70. The van der Waals surface area contributed by atoms with Crippen molar-refractivity contribution in [2.24, 2.45) is 0 Å². The standard InChI is InChI=1S/C27H22BNO2/c1-27(2)23-9-5-3-7-19(23)21-15-22-20-8-4-6-10-25(20)29(26(22)16-24(21)27)17-11-13-18(14-12-17)31-28-30/h3-16,28,30H,1-2H3. The van der Waals surface area contributed by atoms with Crippen molar-refractivity contribution in [2.45, 2.75) is 19.3 Å². The van der Waals surface area contributed by atoms with E-state index in [1.807, 2.05) is 24.3 Å². The first kappa shape index (κ1) is 18.3. The Labute approximate surface area is 181 Å². The SMILES string of the molecule is CC1(C)c2ccccc2-c2cc3c4ccccc4n(-c4ccc(OBO)cc4)c3cc21. The molecule has 1 heterocycles. The van der Waals surface area contributed by atoms with E-state index >= 15 is 0 Å². The fraction of sp³-hybridized carbons (Fsp3) is 0.111. The van der Waals surface area contributed by atoms with Gasteiger partial charge < -0.3 is 14.2 Å². The lowest BCUT2D eigenvalue weighted by molar-refractivity contribution is 0.454. The molecule has 0 saturated carbocycles. The highest BCUT2D eigenvalue weighted by atomic mass is 16.5. The Morgan fingerprint density at radius 2 is 1.48 bits per heavy atom. The van der Waals surface area contributed by atoms with Crippen molar-refractivity contribution >= 4 is 29.5 Å². The van der Waals surface area contributed by atoms with Gasteiger partial charge in [-0.3, -0.25) is 0 Å². The van der Waals surface area contributed by atoms with Gasteiger partial charge in [-0.15, -0.1) is 0 Å². The second-order valence-electron chi connectivity index (χ2n) is 8.71. The van der Waals surface area contributed by atoms with Crippen molar-refractivity contribution < 1.29 is 9.68 Å². The molecule has 1 aliphatic rings. The lowest BCUT2D eigenvalue weighted by Crippen LogP contribution is -2.14. The molecule has 0 amide bonds. The van der Waals surface area contributed by atoms with Gasteiger partial charge in [-0.1, -0.05) is 56.3 Å². The van der Waals surface area contributed by atoms with Gasteiger partial charge >= 0.3 is 7.69 Å². The summed E-state index contributed by atoms with van der Waals surface area (Å²) in [5.74, 6) is 0.657. The highest BCUT2D eigenvalue weighted by Gasteiger charge is 2.36. The Hall–Kier alpha value is -3.50. The molecule has 1 aliphatic carbocycles. The van der Waals surface area contributed by atoms with Crippen LogP contribution < -0.4 is 4.65 Å². The highest BCUT2D eigenvalue weighted by molar-refractivity contribution is 6.17. The number of fused-ring (bicyclic) bond motifs is 6. The maximum atomic E-state index is 9.04. The molecule has 0 spiro atoms. The summed E-state index contributed by atoms with van der Waals surface area (Å²) in [4.78, 5) is 0. The summed E-state index contributed by atoms with van der Waals surface area (Å²) in [7, 11) is -0.323. The van der Waals surface area contributed by atoms with Crippen LogP contribution in [0.25, 0.3) is 38.6 Å². The maximum Gasteiger partial charge on any atom is 0.504 e. The van der Waals surface area contributed by atoms with Crippen LogP contribution >= 0.6 is 0 Å². The second-order valence-corrected chi connectivity index (χ2v) is 8.71. The van der Waals surface area contributed by atoms with Crippen LogP contribution in [0, 0.1) is 0 Å². The number of nitrogens with zero attached hydrogens (tertiary/aromatic N) is 1. The molecule has 4 heteroatoms. The lowest BCUT2D eigenvalue weighted by atomic mass is 9.82. The van der Waals surface area contributed by atoms with E-state index in [4.69, 9.17) is 9.68 Å². The van der Waals surface area contributed by atoms with Gasteiger partial charge in [-0.25, -0.2) is 0 Å². The third-order valence-corrected chi connectivity index (χ3v) is 6.70. The Morgan fingerprint density at radius 3 is 2.29 bits per heavy atom. The monoisotopic (exact) mass is 403 g/mol. The normalized spacial score (nSPS) is 13.9. The molecule has 0 saturated heterocycles. The number of aromatic nitrogens is 1. The molecule has 0 fully saturated rings. The van der Waals surface area contributed by atoms with E-state index in [0.717, 1.165) is 5.69 Å². The molecule has 150 valence electrons. The average Bonchev–Trinajstić information content (AvgIpc) is 3.23. The zero-order chi connectivity index (χ0) is 21.2. The van der Waals surface area contributed by atoms with Crippen molar-refractivity contribution in [1.29, 1.82) is 0 Å². The molecular weight excluding hydrogens is 381 g/mol. The fourth-order valence-corrected chi connectivity index (χ4v) is 5.21. The van der Waals surface area contributed by atoms with Crippen LogP contribution in [0.2, 0.25) is 0 Å². The van der Waals surface area contributed by atoms with Gasteiger partial charge in [0.2, 0.25) is 0 Å². The van der Waals surface area contributed by atoms with Crippen molar-refractivity contribution in [1.82, 2.24) is 4.57 Å². The van der Waals surface area contributed by atoms with Gasteiger partial charge in [0.25, 0.3) is 0 Å². The summed E-state index contributed by atoms with van der Waals surface area (Å²) >= 11 is 0. The molecule has 0 radical (unpaired) electrons. The van der Waals surface area contributed by atoms with E-state index in [2.05, 4.69) is 79.1 Å². The molecule has 3 nitrogen and oxygen atoms in total. The van der Waals surface area contributed by atoms with E-state index in [-0.39, 0.29) is 13.1 Å². The topological polar surface area (TPSA) is 34.4 Å². The van der Waals surface area contributed by atoms with Crippen LogP contribution in [-0.2, 0) is 5.41 Å². The largest absolute Gasteiger partial charge is 0.539 e. The van der Waals surface area contributed by atoms with E-state index in [9.17, 15) is 0 Å². The molecule has 0 atom stereocenters. The second kappa shape index (κ2) is 6.50. The molecule has 1 N–H and O–H groups in total. The smallest absolute Gasteiger partial charge is 0.504 e. The van der Waals surface area contributed by atoms with Crippen LogP contribution in [0.1, 0.15) is 25.0 Å². The summed E-state index contributed by atoms with van der Waals surface area (Å²) < 4.78 is 7.55. The predicted molar refractivity (Wildman–Crippen MR) is 128 cm³/mol. The summed E-state index contributed by atoms with van der Waals surface area (Å²) in [5, 5.41) is 11.6. The van der Waals surface area contributed by atoms with Gasteiger partial charge in [-0.2, -0.15) is 0 Å². The first-order valence-corrected chi connectivity index (χ1v) is 10.6. The van der Waals surface area contributed by atoms with Crippen molar-refractivity contribution in [3.8, 4) is 22.6 Å². The zero-order valence-electron chi connectivity index (χ0n) is 17.6. The van der Waals surface area contributed by atoms with Gasteiger partial charge in [0.15, 0.2) is 0 Å². The van der Waals surface area contributed by atoms with Crippen LogP contribution in [0.15, 0.2) is 84.9 Å². The number of benzene rings is 4. The van der Waals surface area contributed by atoms with Crippen molar-refractivity contribution in [3.63, 3.8) is 0 Å². The minimum Gasteiger partial charge on any atom is -0.539 e. The average molecular weight is 403 g/mol. The van der Waals surface area contributed by atoms with Gasteiger partial charge in [0, 0.05) is 21.9 Å². The van der Waals surface area contributed by atoms with E-state index in [0.29, 0.717) is 5.75 Å². The minimum atomic E-state index is -0.323. The Morgan fingerprint density at radius 1 is 0.742 bits per heavy atom. The number of para-hydroxylation sites is 1. The van der Waals surface area contributed by atoms with Gasteiger partial charge in [-0.05, 0) is 64.7 Å². The molecule has 4 aromatic carbocycles. The summed E-state index contributed by atoms with van der Waals surface area (Å²) in [6, 6.07) is 30.0. The van der Waals surface area contributed by atoms with Crippen LogP contribution in [0.3, 0.4) is 0 Å². The summed E-state index contributed by atoms with van der Waals surface area (Å²) in [5.41, 5.74) is 8.85. The van der Waals surface area contributed by atoms with Crippen LogP contribution in [0.4, 0.5) is 0 Å². The first-order chi connectivity index (χ1) is 15.1. The number of rotatable bonds is 3. The predicted octanol–water partition coefficient (Wildman–Crippen LogP) is 5.73. The highest BCUT2D eigenvalue weighted by Crippen LogP contribution is 2.50. The van der Waals surface area contributed by atoms with E-state index in [1.54, 1.807) is 0 Å². The molecule has 6 rings (SSSR count). The molecule has 0 unspecified atom stereocenters. The Balaban J connectivity index is 1.68. The number of hydrogen-bond acceptors (Lipinski definition) is 2. The van der Waals surface area contributed by atoms with E-state index < -0.39 is 0 Å². The number of hydrogen-bond donors (Lipinski definition) is 1.